The average Bonchev–Trinajstić information content (AvgIpc) is 2.47. The maximum absolute atomic E-state index is 12.0. The molecule has 2 aromatic rings. The van der Waals surface area contributed by atoms with Gasteiger partial charge in [-0.3, -0.25) is 9.59 Å². The highest BCUT2D eigenvalue weighted by Crippen LogP contribution is 2.17. The summed E-state index contributed by atoms with van der Waals surface area (Å²) in [6, 6.07) is 12.9. The van der Waals surface area contributed by atoms with E-state index in [1.165, 1.54) is 12.1 Å². The predicted molar refractivity (Wildman–Crippen MR) is 81.4 cm³/mol. The third kappa shape index (κ3) is 4.07. The number of hydrogen-bond donors (Lipinski definition) is 3. The maximum Gasteiger partial charge on any atom is 0.255 e. The number of rotatable bonds is 4. The van der Waals surface area contributed by atoms with Crippen molar-refractivity contribution in [1.29, 1.82) is 0 Å². The molecule has 0 saturated carbocycles. The van der Waals surface area contributed by atoms with E-state index in [0.29, 0.717) is 23.4 Å². The predicted octanol–water partition coefficient (Wildman–Crippen LogP) is 2.99. The Hall–Kier alpha value is -2.82. The third-order valence-corrected chi connectivity index (χ3v) is 2.86. The minimum atomic E-state index is -0.283. The van der Waals surface area contributed by atoms with Crippen LogP contribution in [0, 0.1) is 0 Å². The van der Waals surface area contributed by atoms with E-state index in [0.717, 1.165) is 0 Å². The molecule has 0 unspecified atom stereocenters. The van der Waals surface area contributed by atoms with Crippen molar-refractivity contribution in [1.82, 2.24) is 0 Å². The highest BCUT2D eigenvalue weighted by molar-refractivity contribution is 6.04. The van der Waals surface area contributed by atoms with E-state index < -0.39 is 0 Å². The van der Waals surface area contributed by atoms with Gasteiger partial charge in [0, 0.05) is 29.4 Å². The molecule has 0 aromatic heterocycles. The fourth-order valence-electron chi connectivity index (χ4n) is 1.74. The van der Waals surface area contributed by atoms with Crippen molar-refractivity contribution in [3.05, 3.63) is 54.1 Å². The molecule has 0 heterocycles. The molecule has 0 radical (unpaired) electrons. The summed E-state index contributed by atoms with van der Waals surface area (Å²) in [5.41, 5.74) is 1.63. The highest BCUT2D eigenvalue weighted by Gasteiger charge is 2.07. The van der Waals surface area contributed by atoms with Crippen LogP contribution in [0.1, 0.15) is 23.7 Å². The fourth-order valence-corrected chi connectivity index (χ4v) is 1.74. The highest BCUT2D eigenvalue weighted by atomic mass is 16.3. The molecule has 2 aromatic carbocycles. The Labute approximate surface area is 122 Å². The van der Waals surface area contributed by atoms with Gasteiger partial charge in [0.25, 0.3) is 5.91 Å². The molecule has 0 atom stereocenters. The zero-order valence-electron chi connectivity index (χ0n) is 11.6. The number of carbonyl (C=O) groups excluding carboxylic acids is 2. The molecular weight excluding hydrogens is 268 g/mol. The molecule has 3 N–H and O–H groups in total. The van der Waals surface area contributed by atoms with E-state index in [-0.39, 0.29) is 17.6 Å². The lowest BCUT2D eigenvalue weighted by atomic mass is 10.2. The zero-order valence-corrected chi connectivity index (χ0v) is 11.6. The summed E-state index contributed by atoms with van der Waals surface area (Å²) in [6.07, 6.45) is 0.403. The van der Waals surface area contributed by atoms with Crippen molar-refractivity contribution in [2.75, 3.05) is 10.6 Å². The lowest BCUT2D eigenvalue weighted by molar-refractivity contribution is -0.115. The first-order valence-electron chi connectivity index (χ1n) is 6.59. The van der Waals surface area contributed by atoms with E-state index >= 15 is 0 Å². The summed E-state index contributed by atoms with van der Waals surface area (Å²) in [5.74, 6) is -0.272. The van der Waals surface area contributed by atoms with E-state index in [9.17, 15) is 14.7 Å². The van der Waals surface area contributed by atoms with Gasteiger partial charge in [-0.2, -0.15) is 0 Å². The number of phenols is 1. The summed E-state index contributed by atoms with van der Waals surface area (Å²) in [4.78, 5) is 23.3. The monoisotopic (exact) mass is 284 g/mol. The number of amides is 2. The van der Waals surface area contributed by atoms with Gasteiger partial charge in [0.05, 0.1) is 0 Å². The number of aromatic hydroxyl groups is 1. The first kappa shape index (κ1) is 14.6. The summed E-state index contributed by atoms with van der Waals surface area (Å²) in [6.45, 7) is 1.77. The summed E-state index contributed by atoms with van der Waals surface area (Å²) >= 11 is 0. The second kappa shape index (κ2) is 6.56. The average molecular weight is 284 g/mol. The van der Waals surface area contributed by atoms with Crippen LogP contribution in [0.3, 0.4) is 0 Å². The Kier molecular flexibility index (Phi) is 4.56. The first-order valence-corrected chi connectivity index (χ1v) is 6.59. The molecule has 108 valence electrons. The Morgan fingerprint density at radius 1 is 1.00 bits per heavy atom. The van der Waals surface area contributed by atoms with Crippen molar-refractivity contribution in [2.45, 2.75) is 13.3 Å². The standard InChI is InChI=1S/C16H16N2O3/c1-2-15(20)17-12-8-6-11(7-9-12)16(21)18-13-4-3-5-14(19)10-13/h3-10,19H,2H2,1H3,(H,17,20)(H,18,21). The number of anilines is 2. The summed E-state index contributed by atoms with van der Waals surface area (Å²) in [5, 5.41) is 14.7. The van der Waals surface area contributed by atoms with E-state index in [1.807, 2.05) is 0 Å². The number of phenolic OH excluding ortho intramolecular Hbond substituents is 1. The third-order valence-electron chi connectivity index (χ3n) is 2.86. The molecule has 0 fully saturated rings. The molecule has 2 amide bonds. The van der Waals surface area contributed by atoms with Gasteiger partial charge in [-0.15, -0.1) is 0 Å². The van der Waals surface area contributed by atoms with Crippen molar-refractivity contribution < 1.29 is 14.7 Å². The number of carbonyl (C=O) groups is 2. The van der Waals surface area contributed by atoms with Crippen LogP contribution in [0.5, 0.6) is 5.75 Å². The fraction of sp³-hybridized carbons (Fsp3) is 0.125. The smallest absolute Gasteiger partial charge is 0.255 e. The van der Waals surface area contributed by atoms with Crippen LogP contribution < -0.4 is 10.6 Å². The van der Waals surface area contributed by atoms with Gasteiger partial charge in [-0.05, 0) is 36.4 Å². The molecule has 0 aliphatic carbocycles. The molecule has 5 nitrogen and oxygen atoms in total. The quantitative estimate of drug-likeness (QED) is 0.807. The Morgan fingerprint density at radius 3 is 2.33 bits per heavy atom. The minimum absolute atomic E-state index is 0.0769. The maximum atomic E-state index is 12.0. The Bertz CT molecular complexity index is 651. The van der Waals surface area contributed by atoms with Crippen molar-refractivity contribution in [3.8, 4) is 5.75 Å². The van der Waals surface area contributed by atoms with Crippen LogP contribution in [0.2, 0.25) is 0 Å². The largest absolute Gasteiger partial charge is 0.508 e. The van der Waals surface area contributed by atoms with Crippen LogP contribution in [0.25, 0.3) is 0 Å². The second-order valence-corrected chi connectivity index (χ2v) is 4.48. The van der Waals surface area contributed by atoms with Gasteiger partial charge in [0.15, 0.2) is 0 Å². The minimum Gasteiger partial charge on any atom is -0.508 e. The van der Waals surface area contributed by atoms with Crippen molar-refractivity contribution in [2.24, 2.45) is 0 Å². The van der Waals surface area contributed by atoms with E-state index in [4.69, 9.17) is 0 Å². The van der Waals surface area contributed by atoms with E-state index in [1.54, 1.807) is 43.3 Å². The van der Waals surface area contributed by atoms with Crippen LogP contribution in [0.15, 0.2) is 48.5 Å². The summed E-state index contributed by atoms with van der Waals surface area (Å²) in [7, 11) is 0. The van der Waals surface area contributed by atoms with E-state index in [2.05, 4.69) is 10.6 Å². The molecular formula is C16H16N2O3. The van der Waals surface area contributed by atoms with Crippen LogP contribution in [-0.4, -0.2) is 16.9 Å². The molecule has 0 spiro atoms. The van der Waals surface area contributed by atoms with Gasteiger partial charge in [-0.25, -0.2) is 0 Å². The van der Waals surface area contributed by atoms with Gasteiger partial charge in [0.2, 0.25) is 5.91 Å². The second-order valence-electron chi connectivity index (χ2n) is 4.48. The molecule has 2 rings (SSSR count). The molecule has 0 aliphatic heterocycles. The molecule has 0 saturated heterocycles. The number of nitrogens with one attached hydrogen (secondary N) is 2. The topological polar surface area (TPSA) is 78.4 Å². The molecule has 0 bridgehead atoms. The lowest BCUT2D eigenvalue weighted by Crippen LogP contribution is -2.12. The van der Waals surface area contributed by atoms with Crippen LogP contribution in [-0.2, 0) is 4.79 Å². The number of hydrogen-bond acceptors (Lipinski definition) is 3. The molecule has 5 heteroatoms. The SMILES string of the molecule is CCC(=O)Nc1ccc(C(=O)Nc2cccc(O)c2)cc1. The molecule has 0 aliphatic rings. The van der Waals surface area contributed by atoms with Crippen LogP contribution >= 0.6 is 0 Å². The van der Waals surface area contributed by atoms with Gasteiger partial charge < -0.3 is 15.7 Å². The van der Waals surface area contributed by atoms with Crippen LogP contribution in [0.4, 0.5) is 11.4 Å². The number of benzene rings is 2. The van der Waals surface area contributed by atoms with Crippen molar-refractivity contribution >= 4 is 23.2 Å². The summed E-state index contributed by atoms with van der Waals surface area (Å²) < 4.78 is 0. The van der Waals surface area contributed by atoms with Gasteiger partial charge in [0.1, 0.15) is 5.75 Å². The Balaban J connectivity index is 2.04. The van der Waals surface area contributed by atoms with Crippen molar-refractivity contribution in [3.63, 3.8) is 0 Å². The van der Waals surface area contributed by atoms with Gasteiger partial charge >= 0.3 is 0 Å². The first-order chi connectivity index (χ1) is 10.1. The molecule has 21 heavy (non-hydrogen) atoms. The zero-order chi connectivity index (χ0) is 15.2. The lowest BCUT2D eigenvalue weighted by Gasteiger charge is -2.07. The van der Waals surface area contributed by atoms with Gasteiger partial charge in [-0.1, -0.05) is 13.0 Å². The Morgan fingerprint density at radius 2 is 1.71 bits per heavy atom. The normalized spacial score (nSPS) is 9.95.